The van der Waals surface area contributed by atoms with Crippen molar-refractivity contribution in [3.63, 3.8) is 0 Å². The van der Waals surface area contributed by atoms with Crippen LogP contribution in [0.5, 0.6) is 11.5 Å². The third-order valence-corrected chi connectivity index (χ3v) is 4.40. The van der Waals surface area contributed by atoms with E-state index in [1.807, 2.05) is 6.07 Å². The predicted molar refractivity (Wildman–Crippen MR) is 74.2 cm³/mol. The third kappa shape index (κ3) is 2.12. The van der Waals surface area contributed by atoms with Gasteiger partial charge in [-0.1, -0.05) is 22.4 Å². The molecule has 0 amide bonds. The zero-order valence-corrected chi connectivity index (χ0v) is 12.0. The molecule has 1 aromatic rings. The van der Waals surface area contributed by atoms with E-state index in [0.29, 0.717) is 13.2 Å². The van der Waals surface area contributed by atoms with Crippen molar-refractivity contribution in [2.24, 2.45) is 5.73 Å². The van der Waals surface area contributed by atoms with Crippen molar-refractivity contribution in [3.8, 4) is 11.5 Å². The molecule has 1 aliphatic carbocycles. The van der Waals surface area contributed by atoms with E-state index in [4.69, 9.17) is 15.2 Å². The molecular formula is C14H18BrNO2. The van der Waals surface area contributed by atoms with Crippen molar-refractivity contribution in [1.29, 1.82) is 0 Å². The van der Waals surface area contributed by atoms with Crippen molar-refractivity contribution >= 4 is 15.9 Å². The van der Waals surface area contributed by atoms with Crippen LogP contribution in [0.15, 0.2) is 10.5 Å². The van der Waals surface area contributed by atoms with Gasteiger partial charge in [0, 0.05) is 22.5 Å². The van der Waals surface area contributed by atoms with E-state index < -0.39 is 0 Å². The summed E-state index contributed by atoms with van der Waals surface area (Å²) in [4.78, 5) is 0. The van der Waals surface area contributed by atoms with Crippen molar-refractivity contribution in [2.75, 3.05) is 13.2 Å². The lowest BCUT2D eigenvalue weighted by molar-refractivity contribution is 0.295. The second-order valence-electron chi connectivity index (χ2n) is 4.98. The van der Waals surface area contributed by atoms with Crippen molar-refractivity contribution in [2.45, 2.75) is 38.1 Å². The van der Waals surface area contributed by atoms with Gasteiger partial charge in [-0.15, -0.1) is 0 Å². The lowest BCUT2D eigenvalue weighted by atomic mass is 9.98. The number of nitrogens with two attached hydrogens (primary N) is 1. The fraction of sp³-hybridized carbons (Fsp3) is 0.571. The minimum Gasteiger partial charge on any atom is -0.490 e. The SMILES string of the molecule is N[C@H]1CCCCc2c(Br)cc3c(c21)OCCCO3. The molecule has 0 aromatic heterocycles. The third-order valence-electron chi connectivity index (χ3n) is 3.69. The fourth-order valence-electron chi connectivity index (χ4n) is 2.79. The summed E-state index contributed by atoms with van der Waals surface area (Å²) in [6.45, 7) is 1.43. The smallest absolute Gasteiger partial charge is 0.166 e. The molecule has 1 aliphatic heterocycles. The maximum Gasteiger partial charge on any atom is 0.166 e. The highest BCUT2D eigenvalue weighted by atomic mass is 79.9. The highest BCUT2D eigenvalue weighted by molar-refractivity contribution is 9.10. The second kappa shape index (κ2) is 5.10. The first kappa shape index (κ1) is 12.3. The molecule has 3 rings (SSSR count). The Hall–Kier alpha value is -0.740. The largest absolute Gasteiger partial charge is 0.490 e. The Labute approximate surface area is 116 Å². The van der Waals surface area contributed by atoms with Gasteiger partial charge in [0.1, 0.15) is 0 Å². The first-order chi connectivity index (χ1) is 8.77. The number of hydrogen-bond donors (Lipinski definition) is 1. The van der Waals surface area contributed by atoms with Crippen LogP contribution in [-0.4, -0.2) is 13.2 Å². The average Bonchev–Trinajstić information content (AvgIpc) is 2.68. The van der Waals surface area contributed by atoms with Gasteiger partial charge in [-0.2, -0.15) is 0 Å². The Kier molecular flexibility index (Phi) is 3.48. The maximum atomic E-state index is 6.33. The van der Waals surface area contributed by atoms with Crippen LogP contribution in [0, 0.1) is 0 Å². The molecule has 0 saturated heterocycles. The highest BCUT2D eigenvalue weighted by Gasteiger charge is 2.26. The Balaban J connectivity index is 2.17. The average molecular weight is 312 g/mol. The van der Waals surface area contributed by atoms with E-state index in [0.717, 1.165) is 35.2 Å². The molecule has 1 atom stereocenters. The Morgan fingerprint density at radius 2 is 2.00 bits per heavy atom. The van der Waals surface area contributed by atoms with Crippen LogP contribution >= 0.6 is 15.9 Å². The molecule has 3 nitrogen and oxygen atoms in total. The zero-order valence-electron chi connectivity index (χ0n) is 10.4. The van der Waals surface area contributed by atoms with E-state index in [1.54, 1.807) is 0 Å². The molecule has 2 N–H and O–H groups in total. The number of rotatable bonds is 0. The van der Waals surface area contributed by atoms with Crippen molar-refractivity contribution in [3.05, 3.63) is 21.7 Å². The number of halogens is 1. The first-order valence-electron chi connectivity index (χ1n) is 6.64. The highest BCUT2D eigenvalue weighted by Crippen LogP contribution is 2.45. The summed E-state index contributed by atoms with van der Waals surface area (Å²) in [5.74, 6) is 1.73. The quantitative estimate of drug-likeness (QED) is 0.747. The van der Waals surface area contributed by atoms with Gasteiger partial charge in [-0.25, -0.2) is 0 Å². The molecule has 0 unspecified atom stereocenters. The number of ether oxygens (including phenoxy) is 2. The minimum atomic E-state index is 0.0652. The number of fused-ring (bicyclic) bond motifs is 3. The van der Waals surface area contributed by atoms with Crippen LogP contribution in [0.25, 0.3) is 0 Å². The number of benzene rings is 1. The molecule has 4 heteroatoms. The lowest BCUT2D eigenvalue weighted by Gasteiger charge is -2.20. The Morgan fingerprint density at radius 1 is 1.17 bits per heavy atom. The van der Waals surface area contributed by atoms with Gasteiger partial charge in [0.25, 0.3) is 0 Å². The molecule has 0 spiro atoms. The van der Waals surface area contributed by atoms with Gasteiger partial charge in [-0.05, 0) is 30.9 Å². The van der Waals surface area contributed by atoms with E-state index in [9.17, 15) is 0 Å². The molecule has 1 aromatic carbocycles. The predicted octanol–water partition coefficient (Wildman–Crippen LogP) is 3.34. The van der Waals surface area contributed by atoms with Gasteiger partial charge >= 0.3 is 0 Å². The summed E-state index contributed by atoms with van der Waals surface area (Å²) in [7, 11) is 0. The summed E-state index contributed by atoms with van der Waals surface area (Å²) < 4.78 is 12.8. The van der Waals surface area contributed by atoms with E-state index in [2.05, 4.69) is 15.9 Å². The second-order valence-corrected chi connectivity index (χ2v) is 5.83. The fourth-order valence-corrected chi connectivity index (χ4v) is 3.41. The van der Waals surface area contributed by atoms with E-state index >= 15 is 0 Å². The molecule has 0 fully saturated rings. The molecule has 0 saturated carbocycles. The molecule has 0 radical (unpaired) electrons. The molecule has 1 heterocycles. The van der Waals surface area contributed by atoms with Crippen LogP contribution < -0.4 is 15.2 Å². The van der Waals surface area contributed by atoms with Crippen LogP contribution in [-0.2, 0) is 6.42 Å². The molecule has 0 bridgehead atoms. The maximum absolute atomic E-state index is 6.33. The van der Waals surface area contributed by atoms with Crippen molar-refractivity contribution in [1.82, 2.24) is 0 Å². The summed E-state index contributed by atoms with van der Waals surface area (Å²) in [5, 5.41) is 0. The standard InChI is InChI=1S/C14H18BrNO2/c15-10-8-12-14(18-7-3-6-17-12)13-9(10)4-1-2-5-11(13)16/h8,11H,1-7,16H2/t11-/m0/s1. The van der Waals surface area contributed by atoms with E-state index in [-0.39, 0.29) is 6.04 Å². The van der Waals surface area contributed by atoms with Crippen molar-refractivity contribution < 1.29 is 9.47 Å². The first-order valence-corrected chi connectivity index (χ1v) is 7.43. The van der Waals surface area contributed by atoms with Gasteiger partial charge in [0.15, 0.2) is 11.5 Å². The zero-order chi connectivity index (χ0) is 12.5. The summed E-state index contributed by atoms with van der Waals surface area (Å²) >= 11 is 3.66. The van der Waals surface area contributed by atoms with Gasteiger partial charge in [-0.3, -0.25) is 0 Å². The van der Waals surface area contributed by atoms with Gasteiger partial charge in [0.2, 0.25) is 0 Å². The monoisotopic (exact) mass is 311 g/mol. The van der Waals surface area contributed by atoms with Gasteiger partial charge < -0.3 is 15.2 Å². The number of hydrogen-bond acceptors (Lipinski definition) is 3. The molecule has 18 heavy (non-hydrogen) atoms. The van der Waals surface area contributed by atoms with Crippen LogP contribution in [0.3, 0.4) is 0 Å². The van der Waals surface area contributed by atoms with Crippen LogP contribution in [0.1, 0.15) is 42.9 Å². The Morgan fingerprint density at radius 3 is 2.89 bits per heavy atom. The van der Waals surface area contributed by atoms with Gasteiger partial charge in [0.05, 0.1) is 13.2 Å². The van der Waals surface area contributed by atoms with Crippen LogP contribution in [0.4, 0.5) is 0 Å². The minimum absolute atomic E-state index is 0.0652. The van der Waals surface area contributed by atoms with Crippen LogP contribution in [0.2, 0.25) is 0 Å². The topological polar surface area (TPSA) is 44.5 Å². The molecule has 2 aliphatic rings. The Bertz CT molecular complexity index is 462. The normalized spacial score (nSPS) is 22.9. The summed E-state index contributed by atoms with van der Waals surface area (Å²) in [6.07, 6.45) is 5.40. The summed E-state index contributed by atoms with van der Waals surface area (Å²) in [6, 6.07) is 2.10. The molecule has 98 valence electrons. The van der Waals surface area contributed by atoms with E-state index in [1.165, 1.54) is 24.0 Å². The lowest BCUT2D eigenvalue weighted by Crippen LogP contribution is -2.13. The molecular weight excluding hydrogens is 294 g/mol. The summed E-state index contributed by atoms with van der Waals surface area (Å²) in [5.41, 5.74) is 8.81.